The summed E-state index contributed by atoms with van der Waals surface area (Å²) in [5.74, 6) is 1.81. The first-order valence-electron chi connectivity index (χ1n) is 4.90. The van der Waals surface area contributed by atoms with Crippen LogP contribution in [0.2, 0.25) is 0 Å². The molecule has 1 N–H and O–H groups in total. The van der Waals surface area contributed by atoms with E-state index in [1.165, 1.54) is 5.56 Å². The van der Waals surface area contributed by atoms with Crippen molar-refractivity contribution < 1.29 is 4.74 Å². The summed E-state index contributed by atoms with van der Waals surface area (Å²) in [4.78, 5) is 0. The van der Waals surface area contributed by atoms with E-state index in [1.54, 1.807) is 0 Å². The van der Waals surface area contributed by atoms with Crippen LogP contribution in [0.4, 0.5) is 0 Å². The second-order valence-corrected chi connectivity index (χ2v) is 3.42. The molecule has 0 radical (unpaired) electrons. The molecule has 0 aliphatic heterocycles. The molecule has 0 spiro atoms. The molecule has 0 fully saturated rings. The van der Waals surface area contributed by atoms with Crippen molar-refractivity contribution in [2.45, 2.75) is 13.5 Å². The number of ether oxygens (including phenoxy) is 1. The molecule has 0 bridgehead atoms. The van der Waals surface area contributed by atoms with Crippen molar-refractivity contribution in [3.8, 4) is 5.75 Å². The summed E-state index contributed by atoms with van der Waals surface area (Å²) in [6, 6.07) is 8.16. The van der Waals surface area contributed by atoms with Crippen LogP contribution < -0.4 is 10.1 Å². The van der Waals surface area contributed by atoms with Crippen LogP contribution in [-0.2, 0) is 6.54 Å². The fourth-order valence-corrected chi connectivity index (χ4v) is 1.34. The molecule has 0 saturated carbocycles. The van der Waals surface area contributed by atoms with Crippen LogP contribution in [0.25, 0.3) is 0 Å². The zero-order valence-electron chi connectivity index (χ0n) is 8.49. The molecule has 1 aromatic carbocycles. The molecule has 0 saturated heterocycles. The number of hydrogen-bond donors (Lipinski definition) is 2. The number of thiol groups is 1. The maximum absolute atomic E-state index is 5.35. The summed E-state index contributed by atoms with van der Waals surface area (Å²) < 4.78 is 5.35. The lowest BCUT2D eigenvalue weighted by Crippen LogP contribution is -2.15. The van der Waals surface area contributed by atoms with Gasteiger partial charge in [0, 0.05) is 18.8 Å². The van der Waals surface area contributed by atoms with Gasteiger partial charge in [-0.1, -0.05) is 12.1 Å². The Hall–Kier alpha value is -0.670. The maximum atomic E-state index is 5.35. The van der Waals surface area contributed by atoms with Gasteiger partial charge >= 0.3 is 0 Å². The van der Waals surface area contributed by atoms with Gasteiger partial charge in [0.1, 0.15) is 5.75 Å². The largest absolute Gasteiger partial charge is 0.494 e. The molecule has 2 nitrogen and oxygen atoms in total. The quantitative estimate of drug-likeness (QED) is 0.555. The summed E-state index contributed by atoms with van der Waals surface area (Å²) in [7, 11) is 0. The topological polar surface area (TPSA) is 21.3 Å². The van der Waals surface area contributed by atoms with Gasteiger partial charge in [-0.25, -0.2) is 0 Å². The molecule has 0 atom stereocenters. The van der Waals surface area contributed by atoms with Crippen LogP contribution in [-0.4, -0.2) is 18.9 Å². The fraction of sp³-hybridized carbons (Fsp3) is 0.455. The Kier molecular flexibility index (Phi) is 5.49. The minimum Gasteiger partial charge on any atom is -0.494 e. The Morgan fingerprint density at radius 3 is 2.57 bits per heavy atom. The van der Waals surface area contributed by atoms with Gasteiger partial charge in [0.05, 0.1) is 6.61 Å². The van der Waals surface area contributed by atoms with Crippen molar-refractivity contribution in [2.75, 3.05) is 18.9 Å². The summed E-state index contributed by atoms with van der Waals surface area (Å²) in [6.45, 7) is 4.54. The van der Waals surface area contributed by atoms with E-state index in [-0.39, 0.29) is 0 Å². The second-order valence-electron chi connectivity index (χ2n) is 2.98. The van der Waals surface area contributed by atoms with Crippen molar-refractivity contribution in [3.63, 3.8) is 0 Å². The molecule has 0 aliphatic rings. The fourth-order valence-electron chi connectivity index (χ4n) is 1.18. The van der Waals surface area contributed by atoms with Gasteiger partial charge in [0.15, 0.2) is 0 Å². The predicted molar refractivity (Wildman–Crippen MR) is 63.2 cm³/mol. The van der Waals surface area contributed by atoms with Crippen molar-refractivity contribution >= 4 is 12.6 Å². The lowest BCUT2D eigenvalue weighted by atomic mass is 10.2. The third-order valence-corrected chi connectivity index (χ3v) is 2.08. The lowest BCUT2D eigenvalue weighted by Gasteiger charge is -2.05. The molecule has 0 amide bonds. The summed E-state index contributed by atoms with van der Waals surface area (Å²) >= 11 is 4.13. The molecular weight excluding hydrogens is 194 g/mol. The van der Waals surface area contributed by atoms with Crippen molar-refractivity contribution in [2.24, 2.45) is 0 Å². The SMILES string of the molecule is CCOc1ccc(CNCCS)cc1. The summed E-state index contributed by atoms with van der Waals surface area (Å²) in [5, 5.41) is 3.29. The smallest absolute Gasteiger partial charge is 0.119 e. The first-order valence-corrected chi connectivity index (χ1v) is 5.53. The molecule has 3 heteroatoms. The standard InChI is InChI=1S/C11H17NOS/c1-2-13-11-5-3-10(4-6-11)9-12-7-8-14/h3-6,12,14H,2,7-9H2,1H3. The van der Waals surface area contributed by atoms with Crippen molar-refractivity contribution in [1.82, 2.24) is 5.32 Å². The van der Waals surface area contributed by atoms with Gasteiger partial charge < -0.3 is 10.1 Å². The predicted octanol–water partition coefficient (Wildman–Crippen LogP) is 2.10. The first-order chi connectivity index (χ1) is 6.86. The van der Waals surface area contributed by atoms with E-state index >= 15 is 0 Å². The molecule has 0 heterocycles. The minimum absolute atomic E-state index is 0.719. The highest BCUT2D eigenvalue weighted by Gasteiger charge is 1.93. The number of benzene rings is 1. The Labute approximate surface area is 91.1 Å². The lowest BCUT2D eigenvalue weighted by molar-refractivity contribution is 0.340. The van der Waals surface area contributed by atoms with Crippen LogP contribution in [0.15, 0.2) is 24.3 Å². The monoisotopic (exact) mass is 211 g/mol. The molecule has 0 aromatic heterocycles. The highest BCUT2D eigenvalue weighted by Crippen LogP contribution is 2.11. The number of rotatable bonds is 6. The summed E-state index contributed by atoms with van der Waals surface area (Å²) in [5.41, 5.74) is 1.27. The Morgan fingerprint density at radius 2 is 2.00 bits per heavy atom. The number of nitrogens with one attached hydrogen (secondary N) is 1. The highest BCUT2D eigenvalue weighted by atomic mass is 32.1. The average Bonchev–Trinajstić information content (AvgIpc) is 2.21. The molecular formula is C11H17NOS. The van der Waals surface area contributed by atoms with Crippen LogP contribution in [0.1, 0.15) is 12.5 Å². The van der Waals surface area contributed by atoms with Gasteiger partial charge in [-0.3, -0.25) is 0 Å². The van der Waals surface area contributed by atoms with E-state index in [4.69, 9.17) is 4.74 Å². The molecule has 0 aliphatic carbocycles. The second kappa shape index (κ2) is 6.74. The van der Waals surface area contributed by atoms with Crippen molar-refractivity contribution in [3.05, 3.63) is 29.8 Å². The molecule has 0 unspecified atom stereocenters. The van der Waals surface area contributed by atoms with Gasteiger partial charge in [-0.15, -0.1) is 0 Å². The third-order valence-electron chi connectivity index (χ3n) is 1.85. The molecule has 78 valence electrons. The Balaban J connectivity index is 2.38. The zero-order chi connectivity index (χ0) is 10.2. The maximum Gasteiger partial charge on any atom is 0.119 e. The van der Waals surface area contributed by atoms with E-state index in [0.717, 1.165) is 31.2 Å². The van der Waals surface area contributed by atoms with Crippen LogP contribution in [0.3, 0.4) is 0 Å². The number of hydrogen-bond acceptors (Lipinski definition) is 3. The van der Waals surface area contributed by atoms with E-state index in [2.05, 4.69) is 30.1 Å². The molecule has 1 aromatic rings. The Morgan fingerprint density at radius 1 is 1.29 bits per heavy atom. The van der Waals surface area contributed by atoms with Gasteiger partial charge in [0.2, 0.25) is 0 Å². The summed E-state index contributed by atoms with van der Waals surface area (Å²) in [6.07, 6.45) is 0. The van der Waals surface area contributed by atoms with Crippen molar-refractivity contribution in [1.29, 1.82) is 0 Å². The zero-order valence-corrected chi connectivity index (χ0v) is 9.39. The molecule has 1 rings (SSSR count). The van der Waals surface area contributed by atoms with E-state index in [0.29, 0.717) is 0 Å². The van der Waals surface area contributed by atoms with Crippen LogP contribution in [0, 0.1) is 0 Å². The van der Waals surface area contributed by atoms with E-state index < -0.39 is 0 Å². The average molecular weight is 211 g/mol. The highest BCUT2D eigenvalue weighted by molar-refractivity contribution is 7.80. The van der Waals surface area contributed by atoms with E-state index in [1.807, 2.05) is 19.1 Å². The third kappa shape index (κ3) is 4.03. The molecule has 14 heavy (non-hydrogen) atoms. The van der Waals surface area contributed by atoms with Crippen LogP contribution in [0.5, 0.6) is 5.75 Å². The first kappa shape index (κ1) is 11.4. The van der Waals surface area contributed by atoms with Gasteiger partial charge in [-0.2, -0.15) is 12.6 Å². The van der Waals surface area contributed by atoms with Gasteiger partial charge in [0.25, 0.3) is 0 Å². The Bertz CT molecular complexity index is 248. The van der Waals surface area contributed by atoms with E-state index in [9.17, 15) is 0 Å². The normalized spacial score (nSPS) is 10.1. The van der Waals surface area contributed by atoms with Gasteiger partial charge in [-0.05, 0) is 24.6 Å². The van der Waals surface area contributed by atoms with Crippen LogP contribution >= 0.6 is 12.6 Å². The minimum atomic E-state index is 0.719.